The molecule has 0 aliphatic carbocycles. The molecule has 34 heavy (non-hydrogen) atoms. The van der Waals surface area contributed by atoms with Crippen LogP contribution in [0.2, 0.25) is 0 Å². The molecule has 0 saturated carbocycles. The number of epoxide rings is 1. The molecular weight excluding hydrogens is 476 g/mol. The van der Waals surface area contributed by atoms with E-state index in [2.05, 4.69) is 14.5 Å². The fourth-order valence-electron chi connectivity index (χ4n) is 2.45. The first-order valence-corrected chi connectivity index (χ1v) is 10.9. The summed E-state index contributed by atoms with van der Waals surface area (Å²) in [6.45, 7) is 9.14. The van der Waals surface area contributed by atoms with Crippen molar-refractivity contribution in [2.24, 2.45) is 0 Å². The van der Waals surface area contributed by atoms with Crippen molar-refractivity contribution in [2.45, 2.75) is 71.0 Å². The van der Waals surface area contributed by atoms with Crippen LogP contribution in [0.3, 0.4) is 0 Å². The maximum absolute atomic E-state index is 13.0. The largest absolute Gasteiger partial charge is 0.443 e. The van der Waals surface area contributed by atoms with Gasteiger partial charge in [0.2, 0.25) is 0 Å². The number of carbonyl (C=O) groups excluding carboxylic acids is 4. The minimum atomic E-state index is -3.05. The Morgan fingerprint density at radius 2 is 1.71 bits per heavy atom. The van der Waals surface area contributed by atoms with Crippen LogP contribution in [0.15, 0.2) is 16.8 Å². The highest BCUT2D eigenvalue weighted by molar-refractivity contribution is 7.07. The van der Waals surface area contributed by atoms with Crippen molar-refractivity contribution < 1.29 is 53.4 Å². The molecule has 1 fully saturated rings. The highest BCUT2D eigenvalue weighted by atomic mass is 32.1. The van der Waals surface area contributed by atoms with E-state index in [0.29, 0.717) is 5.56 Å². The first kappa shape index (κ1) is 27.5. The van der Waals surface area contributed by atoms with Crippen LogP contribution in [0.4, 0.5) is 4.79 Å². The lowest BCUT2D eigenvalue weighted by atomic mass is 10.2. The minimum absolute atomic E-state index is 0.250. The smallest absolute Gasteiger partial charge is 0.439 e. The van der Waals surface area contributed by atoms with Gasteiger partial charge >= 0.3 is 35.7 Å². The van der Waals surface area contributed by atoms with Gasteiger partial charge in [0.25, 0.3) is 0 Å². The maximum atomic E-state index is 13.0. The van der Waals surface area contributed by atoms with E-state index in [1.807, 2.05) is 0 Å². The topological polar surface area (TPSA) is 165 Å². The Hall–Kier alpha value is -2.78. The van der Waals surface area contributed by atoms with Gasteiger partial charge in [0.15, 0.2) is 0 Å². The van der Waals surface area contributed by atoms with Crippen LogP contribution < -0.4 is 0 Å². The molecule has 2 N–H and O–H groups in total. The lowest BCUT2D eigenvalue weighted by Crippen LogP contribution is -2.65. The number of nitrogens with zero attached hydrogens (tertiary/aromatic N) is 2. The van der Waals surface area contributed by atoms with Crippen LogP contribution >= 0.6 is 11.3 Å². The second kappa shape index (κ2) is 9.46. The number of hydrazine groups is 1. The maximum Gasteiger partial charge on any atom is 0.439 e. The van der Waals surface area contributed by atoms with Gasteiger partial charge < -0.3 is 24.4 Å². The van der Waals surface area contributed by atoms with Crippen LogP contribution in [0.5, 0.6) is 0 Å². The molecule has 1 aliphatic heterocycles. The van der Waals surface area contributed by atoms with Gasteiger partial charge in [-0.3, -0.25) is 0 Å². The number of rotatable bonds is 7. The Labute approximate surface area is 199 Å². The Kier molecular flexibility index (Phi) is 7.64. The summed E-state index contributed by atoms with van der Waals surface area (Å²) >= 11 is 1.32. The van der Waals surface area contributed by atoms with Gasteiger partial charge in [0.05, 0.1) is 12.1 Å². The highest BCUT2D eigenvalue weighted by Gasteiger charge is 2.68. The molecule has 0 aromatic carbocycles. The number of ether oxygens (including phenoxy) is 3. The van der Waals surface area contributed by atoms with Crippen molar-refractivity contribution in [1.29, 1.82) is 0 Å². The standard InChI is InChI=1S/C20H28N2O11S/c1-17(2,3)30-16(26)21(7)22(10-12-8-9-34-11-12)20(28,33-18(4,5)6)15(25)32-31-14(24)19(27)13(23)29-19/h8-9,11,27-28H,10H2,1-7H3. The Morgan fingerprint density at radius 1 is 1.12 bits per heavy atom. The van der Waals surface area contributed by atoms with Crippen molar-refractivity contribution >= 4 is 35.3 Å². The van der Waals surface area contributed by atoms with E-state index < -0.39 is 46.9 Å². The zero-order valence-electron chi connectivity index (χ0n) is 19.8. The summed E-state index contributed by atoms with van der Waals surface area (Å²) in [4.78, 5) is 57.1. The molecule has 190 valence electrons. The number of aliphatic hydroxyl groups is 2. The Morgan fingerprint density at radius 3 is 2.15 bits per heavy atom. The minimum Gasteiger partial charge on any atom is -0.443 e. The van der Waals surface area contributed by atoms with Gasteiger partial charge in [-0.2, -0.15) is 11.3 Å². The molecule has 0 bridgehead atoms. The van der Waals surface area contributed by atoms with Gasteiger partial charge in [-0.25, -0.2) is 34.0 Å². The van der Waals surface area contributed by atoms with Gasteiger partial charge in [0.1, 0.15) is 5.60 Å². The number of carbonyl (C=O) groups is 4. The number of cyclic esters (lactones) is 1. The lowest BCUT2D eigenvalue weighted by molar-refractivity contribution is -0.374. The summed E-state index contributed by atoms with van der Waals surface area (Å²) in [6.07, 6.45) is -0.949. The molecule has 1 aromatic rings. The van der Waals surface area contributed by atoms with Gasteiger partial charge in [-0.1, -0.05) is 0 Å². The van der Waals surface area contributed by atoms with Gasteiger partial charge in [-0.15, -0.1) is 5.01 Å². The summed E-state index contributed by atoms with van der Waals surface area (Å²) < 4.78 is 15.0. The van der Waals surface area contributed by atoms with Crippen molar-refractivity contribution in [3.63, 3.8) is 0 Å². The Bertz CT molecular complexity index is 937. The summed E-state index contributed by atoms with van der Waals surface area (Å²) in [5, 5.41) is 26.0. The van der Waals surface area contributed by atoms with E-state index in [4.69, 9.17) is 9.47 Å². The third-order valence-electron chi connectivity index (χ3n) is 3.94. The molecule has 1 aliphatic rings. The lowest BCUT2D eigenvalue weighted by Gasteiger charge is -2.43. The second-order valence-corrected chi connectivity index (χ2v) is 10.1. The SMILES string of the molecule is CN(C(=O)OC(C)(C)C)N(Cc1ccsc1)C(O)(OC(C)(C)C)C(=O)OOC(=O)C1(O)OC1=O. The molecule has 2 heterocycles. The third kappa shape index (κ3) is 6.64. The predicted molar refractivity (Wildman–Crippen MR) is 113 cm³/mol. The van der Waals surface area contributed by atoms with E-state index in [1.165, 1.54) is 39.2 Å². The summed E-state index contributed by atoms with van der Waals surface area (Å²) in [5.41, 5.74) is -1.54. The molecule has 2 rings (SSSR count). The molecule has 1 aromatic heterocycles. The van der Waals surface area contributed by atoms with Crippen LogP contribution in [0.25, 0.3) is 0 Å². The fraction of sp³-hybridized carbons (Fsp3) is 0.600. The summed E-state index contributed by atoms with van der Waals surface area (Å²) in [7, 11) is 1.22. The monoisotopic (exact) mass is 504 g/mol. The molecule has 0 radical (unpaired) electrons. The zero-order chi connectivity index (χ0) is 26.1. The van der Waals surface area contributed by atoms with Gasteiger partial charge in [0, 0.05) is 7.05 Å². The van der Waals surface area contributed by atoms with Crippen molar-refractivity contribution in [3.05, 3.63) is 22.4 Å². The molecule has 1 saturated heterocycles. The summed E-state index contributed by atoms with van der Waals surface area (Å²) in [5.74, 6) is -10.7. The van der Waals surface area contributed by atoms with Crippen molar-refractivity contribution in [2.75, 3.05) is 7.05 Å². The molecule has 2 unspecified atom stereocenters. The van der Waals surface area contributed by atoms with E-state index in [9.17, 15) is 29.4 Å². The molecule has 0 spiro atoms. The third-order valence-corrected chi connectivity index (χ3v) is 4.67. The van der Waals surface area contributed by atoms with Crippen LogP contribution in [0, 0.1) is 0 Å². The van der Waals surface area contributed by atoms with Crippen molar-refractivity contribution in [3.8, 4) is 0 Å². The van der Waals surface area contributed by atoms with E-state index in [0.717, 1.165) is 10.0 Å². The quantitative estimate of drug-likeness (QED) is 0.178. The van der Waals surface area contributed by atoms with Crippen LogP contribution in [-0.4, -0.2) is 74.2 Å². The summed E-state index contributed by atoms with van der Waals surface area (Å²) in [6, 6.07) is 1.68. The van der Waals surface area contributed by atoms with E-state index in [1.54, 1.807) is 37.6 Å². The van der Waals surface area contributed by atoms with Crippen LogP contribution in [-0.2, 0) is 44.9 Å². The number of thiophene rings is 1. The average molecular weight is 505 g/mol. The Balaban J connectivity index is 2.39. The number of hydrogen-bond donors (Lipinski definition) is 2. The van der Waals surface area contributed by atoms with Crippen LogP contribution in [0.1, 0.15) is 47.1 Å². The van der Waals surface area contributed by atoms with Gasteiger partial charge in [-0.05, 0) is 63.9 Å². The molecule has 13 nitrogen and oxygen atoms in total. The number of hydrogen-bond acceptors (Lipinski definition) is 13. The van der Waals surface area contributed by atoms with Crippen molar-refractivity contribution in [1.82, 2.24) is 10.0 Å². The molecule has 1 amide bonds. The fourth-order valence-corrected chi connectivity index (χ4v) is 3.11. The van der Waals surface area contributed by atoms with E-state index >= 15 is 0 Å². The molecular formula is C20H28N2O11S. The zero-order valence-corrected chi connectivity index (χ0v) is 20.6. The second-order valence-electron chi connectivity index (χ2n) is 9.29. The average Bonchev–Trinajstić information content (AvgIpc) is 3.06. The first-order valence-electron chi connectivity index (χ1n) is 9.96. The molecule has 14 heteroatoms. The first-order chi connectivity index (χ1) is 15.4. The normalized spacial score (nSPS) is 19.6. The number of amides is 1. The molecule has 2 atom stereocenters. The van der Waals surface area contributed by atoms with E-state index in [-0.39, 0.29) is 6.54 Å². The highest BCUT2D eigenvalue weighted by Crippen LogP contribution is 2.30. The predicted octanol–water partition coefficient (Wildman–Crippen LogP) is 1.04.